The Kier molecular flexibility index (Phi) is 3.80. The van der Waals surface area contributed by atoms with Gasteiger partial charge in [0.05, 0.1) is 18.1 Å². The molecule has 2 N–H and O–H groups in total. The molecular weight excluding hydrogens is 299 g/mol. The van der Waals surface area contributed by atoms with E-state index in [0.29, 0.717) is 22.3 Å². The summed E-state index contributed by atoms with van der Waals surface area (Å²) >= 11 is 0. The van der Waals surface area contributed by atoms with Gasteiger partial charge in [0.15, 0.2) is 0 Å². The van der Waals surface area contributed by atoms with Gasteiger partial charge < -0.3 is 14.8 Å². The zero-order valence-corrected chi connectivity index (χ0v) is 12.2. The summed E-state index contributed by atoms with van der Waals surface area (Å²) in [5.74, 6) is 0.0942. The van der Waals surface area contributed by atoms with Gasteiger partial charge in [-0.1, -0.05) is 0 Å². The molecule has 0 aliphatic heterocycles. The van der Waals surface area contributed by atoms with Crippen molar-refractivity contribution in [2.75, 3.05) is 7.11 Å². The Morgan fingerprint density at radius 1 is 1.26 bits per heavy atom. The maximum absolute atomic E-state index is 13.2. The van der Waals surface area contributed by atoms with Crippen molar-refractivity contribution in [3.05, 3.63) is 69.9 Å². The number of H-pyrrole nitrogens is 1. The molecule has 1 heterocycles. The Bertz CT molecular complexity index is 946. The first-order valence-electron chi connectivity index (χ1n) is 6.81. The van der Waals surface area contributed by atoms with E-state index in [-0.39, 0.29) is 11.5 Å². The molecule has 0 aliphatic carbocycles. The Hall–Kier alpha value is -3.15. The van der Waals surface area contributed by atoms with Crippen molar-refractivity contribution in [2.45, 2.75) is 0 Å². The van der Waals surface area contributed by atoms with Gasteiger partial charge in [0.2, 0.25) is 0 Å². The smallest absolute Gasteiger partial charge is 0.274 e. The molecule has 3 aromatic rings. The fraction of sp³-hybridized carbons (Fsp3) is 0.0588. The molecule has 0 unspecified atom stereocenters. The van der Waals surface area contributed by atoms with Gasteiger partial charge in [-0.3, -0.25) is 4.79 Å². The number of ether oxygens (including phenoxy) is 1. The number of halogens is 1. The SMILES string of the molecule is COc1ccc(C(O)=Cc2nc3ccc(F)cc3[nH]c2=O)cc1. The lowest BCUT2D eigenvalue weighted by molar-refractivity contribution is 0.414. The first kappa shape index (κ1) is 14.8. The van der Waals surface area contributed by atoms with E-state index in [9.17, 15) is 14.3 Å². The normalized spacial score (nSPS) is 11.7. The average Bonchev–Trinajstić information content (AvgIpc) is 2.55. The highest BCUT2D eigenvalue weighted by Crippen LogP contribution is 2.18. The zero-order chi connectivity index (χ0) is 16.4. The fourth-order valence-electron chi connectivity index (χ4n) is 2.15. The molecule has 116 valence electrons. The minimum absolute atomic E-state index is 0.0393. The molecule has 0 saturated heterocycles. The predicted molar refractivity (Wildman–Crippen MR) is 85.8 cm³/mol. The van der Waals surface area contributed by atoms with Crippen molar-refractivity contribution in [1.29, 1.82) is 0 Å². The van der Waals surface area contributed by atoms with Gasteiger partial charge in [-0.25, -0.2) is 9.37 Å². The number of aliphatic hydroxyl groups excluding tert-OH is 1. The number of nitrogens with zero attached hydrogens (tertiary/aromatic N) is 1. The number of benzene rings is 2. The van der Waals surface area contributed by atoms with E-state index in [0.717, 1.165) is 0 Å². The van der Waals surface area contributed by atoms with Crippen LogP contribution in [0.4, 0.5) is 4.39 Å². The number of aliphatic hydroxyl groups is 1. The van der Waals surface area contributed by atoms with Gasteiger partial charge >= 0.3 is 0 Å². The quantitative estimate of drug-likeness (QED) is 0.729. The van der Waals surface area contributed by atoms with E-state index in [4.69, 9.17) is 4.74 Å². The summed E-state index contributed by atoms with van der Waals surface area (Å²) in [6, 6.07) is 10.6. The van der Waals surface area contributed by atoms with Crippen molar-refractivity contribution in [1.82, 2.24) is 9.97 Å². The molecular formula is C17H13FN2O3. The monoisotopic (exact) mass is 312 g/mol. The lowest BCUT2D eigenvalue weighted by Gasteiger charge is -2.03. The number of rotatable bonds is 3. The molecule has 2 aromatic carbocycles. The second-order valence-corrected chi connectivity index (χ2v) is 4.87. The van der Waals surface area contributed by atoms with Gasteiger partial charge in [-0.2, -0.15) is 0 Å². The van der Waals surface area contributed by atoms with Gasteiger partial charge in [-0.15, -0.1) is 0 Å². The molecule has 0 bridgehead atoms. The number of aromatic amines is 1. The van der Waals surface area contributed by atoms with Crippen LogP contribution in [0.25, 0.3) is 22.9 Å². The molecule has 23 heavy (non-hydrogen) atoms. The van der Waals surface area contributed by atoms with Gasteiger partial charge in [-0.05, 0) is 42.5 Å². The molecule has 6 heteroatoms. The molecule has 1 aromatic heterocycles. The summed E-state index contributed by atoms with van der Waals surface area (Å²) in [6.07, 6.45) is 1.27. The second kappa shape index (κ2) is 5.92. The number of aromatic nitrogens is 2. The first-order valence-corrected chi connectivity index (χ1v) is 6.81. The van der Waals surface area contributed by atoms with Crippen LogP contribution in [0, 0.1) is 5.82 Å². The number of hydrogen-bond acceptors (Lipinski definition) is 4. The molecule has 0 radical (unpaired) electrons. The van der Waals surface area contributed by atoms with Crippen molar-refractivity contribution in [2.24, 2.45) is 0 Å². The van der Waals surface area contributed by atoms with Crippen molar-refractivity contribution in [3.8, 4) is 5.75 Å². The van der Waals surface area contributed by atoms with Crippen molar-refractivity contribution >= 4 is 22.9 Å². The predicted octanol–water partition coefficient (Wildman–Crippen LogP) is 3.13. The number of methoxy groups -OCH3 is 1. The summed E-state index contributed by atoms with van der Waals surface area (Å²) in [5, 5.41) is 10.1. The van der Waals surface area contributed by atoms with E-state index >= 15 is 0 Å². The van der Waals surface area contributed by atoms with Crippen LogP contribution in [0.5, 0.6) is 5.75 Å². The topological polar surface area (TPSA) is 75.2 Å². The average molecular weight is 312 g/mol. The molecule has 3 rings (SSSR count). The van der Waals surface area contributed by atoms with Crippen LogP contribution in [-0.2, 0) is 0 Å². The number of nitrogens with one attached hydrogen (secondary N) is 1. The van der Waals surface area contributed by atoms with Crippen LogP contribution in [0.1, 0.15) is 11.3 Å². The second-order valence-electron chi connectivity index (χ2n) is 4.87. The zero-order valence-electron chi connectivity index (χ0n) is 12.2. The van der Waals surface area contributed by atoms with E-state index < -0.39 is 11.4 Å². The molecule has 0 aliphatic rings. The number of fused-ring (bicyclic) bond motifs is 1. The van der Waals surface area contributed by atoms with Crippen LogP contribution in [-0.4, -0.2) is 22.2 Å². The lowest BCUT2D eigenvalue weighted by atomic mass is 10.1. The number of hydrogen-bond donors (Lipinski definition) is 2. The molecule has 0 spiro atoms. The van der Waals surface area contributed by atoms with Crippen LogP contribution in [0.15, 0.2) is 47.3 Å². The largest absolute Gasteiger partial charge is 0.507 e. The highest BCUT2D eigenvalue weighted by Gasteiger charge is 2.06. The molecule has 0 amide bonds. The summed E-state index contributed by atoms with van der Waals surface area (Å²) in [5.41, 5.74) is 0.780. The van der Waals surface area contributed by atoms with E-state index in [1.54, 1.807) is 31.4 Å². The maximum Gasteiger partial charge on any atom is 0.274 e. The summed E-state index contributed by atoms with van der Waals surface area (Å²) < 4.78 is 18.2. The van der Waals surface area contributed by atoms with Crippen LogP contribution < -0.4 is 10.3 Å². The summed E-state index contributed by atoms with van der Waals surface area (Å²) in [6.45, 7) is 0. The van der Waals surface area contributed by atoms with Crippen LogP contribution in [0.3, 0.4) is 0 Å². The minimum Gasteiger partial charge on any atom is -0.507 e. The van der Waals surface area contributed by atoms with Crippen molar-refractivity contribution in [3.63, 3.8) is 0 Å². The maximum atomic E-state index is 13.2. The minimum atomic E-state index is -0.511. The lowest BCUT2D eigenvalue weighted by Crippen LogP contribution is -2.12. The molecule has 5 nitrogen and oxygen atoms in total. The Morgan fingerprint density at radius 3 is 2.70 bits per heavy atom. The van der Waals surface area contributed by atoms with Crippen molar-refractivity contribution < 1.29 is 14.2 Å². The Balaban J connectivity index is 2.03. The third-order valence-corrected chi connectivity index (χ3v) is 3.34. The van der Waals surface area contributed by atoms with E-state index in [1.807, 2.05) is 0 Å². The van der Waals surface area contributed by atoms with Gasteiger partial charge in [0.25, 0.3) is 5.56 Å². The summed E-state index contributed by atoms with van der Waals surface area (Å²) in [7, 11) is 1.55. The summed E-state index contributed by atoms with van der Waals surface area (Å²) in [4.78, 5) is 18.7. The first-order chi connectivity index (χ1) is 11.1. The molecule has 0 fully saturated rings. The molecule has 0 atom stereocenters. The van der Waals surface area contributed by atoms with Gasteiger partial charge in [0.1, 0.15) is 23.0 Å². The highest BCUT2D eigenvalue weighted by atomic mass is 19.1. The van der Waals surface area contributed by atoms with Gasteiger partial charge in [0, 0.05) is 11.6 Å². The highest BCUT2D eigenvalue weighted by molar-refractivity contribution is 5.79. The Morgan fingerprint density at radius 2 is 2.00 bits per heavy atom. The fourth-order valence-corrected chi connectivity index (χ4v) is 2.15. The Labute approximate surface area is 130 Å². The standard InChI is InChI=1S/C17H13FN2O3/c1-23-12-5-2-10(3-6-12)16(21)9-15-17(22)20-14-8-11(18)4-7-13(14)19-15/h2-9,21H,1H3,(H,20,22). The van der Waals surface area contributed by atoms with Crippen LogP contribution in [0.2, 0.25) is 0 Å². The third-order valence-electron chi connectivity index (χ3n) is 3.34. The van der Waals surface area contributed by atoms with Crippen LogP contribution >= 0.6 is 0 Å². The molecule has 0 saturated carbocycles. The third kappa shape index (κ3) is 3.06. The van der Waals surface area contributed by atoms with E-state index in [2.05, 4.69) is 9.97 Å². The van der Waals surface area contributed by atoms with E-state index in [1.165, 1.54) is 24.3 Å².